The number of aryl methyl sites for hydroxylation is 1. The number of carbonyl (C=O) groups excluding carboxylic acids is 1. The number of halogens is 2. The average molecular weight is 584 g/mol. The number of pyridine rings is 2. The molecule has 174 valence electrons. The summed E-state index contributed by atoms with van der Waals surface area (Å²) in [5, 5.41) is 0. The molecule has 4 N–H and O–H groups in total. The van der Waals surface area contributed by atoms with Gasteiger partial charge in [-0.05, 0) is 45.6 Å². The molecule has 0 aliphatic heterocycles. The van der Waals surface area contributed by atoms with E-state index in [0.29, 0.717) is 11.4 Å². The van der Waals surface area contributed by atoms with Crippen molar-refractivity contribution in [3.05, 3.63) is 93.1 Å². The molecule has 4 aromatic rings. The fourth-order valence-electron chi connectivity index (χ4n) is 3.06. The summed E-state index contributed by atoms with van der Waals surface area (Å²) in [6.45, 7) is 2.15. The maximum atomic E-state index is 12.7. The average Bonchev–Trinajstić information content (AvgIpc) is 2.84. The zero-order chi connectivity index (χ0) is 24.5. The molecule has 0 atom stereocenters. The van der Waals surface area contributed by atoms with Gasteiger partial charge < -0.3 is 11.5 Å². The van der Waals surface area contributed by atoms with Crippen LogP contribution in [0.2, 0.25) is 0 Å². The van der Waals surface area contributed by atoms with E-state index >= 15 is 0 Å². The van der Waals surface area contributed by atoms with Crippen molar-refractivity contribution >= 4 is 49.1 Å². The number of nitrogens with two attached hydrogens (primary N) is 2. The van der Waals surface area contributed by atoms with Crippen LogP contribution in [0.1, 0.15) is 35.0 Å². The first-order chi connectivity index (χ1) is 16.4. The highest BCUT2D eigenvalue weighted by atomic mass is 79.9. The fraction of sp³-hybridized carbons (Fsp3) is 0.160. The van der Waals surface area contributed by atoms with Crippen molar-refractivity contribution in [1.82, 2.24) is 19.9 Å². The number of Topliss-reactive ketones (excluding diaryl/α,β-unsaturated/α-hetero) is 1. The summed E-state index contributed by atoms with van der Waals surface area (Å²) in [6, 6.07) is 11.7. The molecule has 0 bridgehead atoms. The number of nitrogens with zero attached hydrogens (tertiary/aromatic N) is 4. The van der Waals surface area contributed by atoms with E-state index in [1.165, 1.54) is 5.56 Å². The lowest BCUT2D eigenvalue weighted by Gasteiger charge is -2.08. The van der Waals surface area contributed by atoms with Crippen molar-refractivity contribution in [2.45, 2.75) is 26.2 Å². The Labute approximate surface area is 215 Å². The van der Waals surface area contributed by atoms with Crippen LogP contribution in [-0.4, -0.2) is 25.7 Å². The molecule has 3 aromatic heterocycles. The second-order valence-electron chi connectivity index (χ2n) is 7.40. The molecular weight excluding hydrogens is 560 g/mol. The summed E-state index contributed by atoms with van der Waals surface area (Å²) in [6.07, 6.45) is 10.5. The van der Waals surface area contributed by atoms with Crippen molar-refractivity contribution in [3.8, 4) is 11.3 Å². The summed E-state index contributed by atoms with van der Waals surface area (Å²) in [7, 11) is 0. The predicted octanol–water partition coefficient (Wildman–Crippen LogP) is 5.69. The number of anilines is 2. The van der Waals surface area contributed by atoms with Gasteiger partial charge in [0.05, 0.1) is 23.8 Å². The molecule has 0 spiro atoms. The maximum Gasteiger partial charge on any atom is 0.189 e. The van der Waals surface area contributed by atoms with E-state index < -0.39 is 0 Å². The number of rotatable bonds is 6. The molecule has 0 saturated heterocycles. The Bertz CT molecular complexity index is 1240. The van der Waals surface area contributed by atoms with Crippen LogP contribution in [-0.2, 0) is 12.8 Å². The number of carbonyl (C=O) groups is 1. The van der Waals surface area contributed by atoms with Gasteiger partial charge in [0.1, 0.15) is 5.69 Å². The Hall–Kier alpha value is -3.17. The maximum absolute atomic E-state index is 12.7. The lowest BCUT2D eigenvalue weighted by molar-refractivity contribution is 0.0988. The topological polar surface area (TPSA) is 121 Å². The van der Waals surface area contributed by atoms with Crippen molar-refractivity contribution in [3.63, 3.8) is 0 Å². The van der Waals surface area contributed by atoms with E-state index in [0.717, 1.165) is 32.9 Å². The van der Waals surface area contributed by atoms with Crippen LogP contribution < -0.4 is 11.5 Å². The van der Waals surface area contributed by atoms with Gasteiger partial charge in [0.15, 0.2) is 11.6 Å². The van der Waals surface area contributed by atoms with Crippen LogP contribution in [0.5, 0.6) is 0 Å². The number of hydrogen-bond acceptors (Lipinski definition) is 7. The molecular formula is C25H24Br2N6O. The van der Waals surface area contributed by atoms with E-state index in [1.54, 1.807) is 43.1 Å². The number of ketones is 1. The standard InChI is InChI=1S/C20H19BrN4O.C5H5BrN2/c1-2-3-13-4-6-14(7-5-13)17-12-24-20(22)19(25-17)18(26)10-15-11-23-9-8-16(15)21;6-4-1-2-8-3-5(4)7/h4-9,11-12H,2-3,10H2,1H3,(H2,22,24);1-3H,7H2. The van der Waals surface area contributed by atoms with Crippen LogP contribution in [0.15, 0.2) is 76.3 Å². The lowest BCUT2D eigenvalue weighted by Crippen LogP contribution is -2.12. The Balaban J connectivity index is 0.000000343. The molecule has 0 saturated carbocycles. The second kappa shape index (κ2) is 12.3. The van der Waals surface area contributed by atoms with Gasteiger partial charge in [0.25, 0.3) is 0 Å². The Morgan fingerprint density at radius 2 is 1.59 bits per heavy atom. The monoisotopic (exact) mass is 582 g/mol. The van der Waals surface area contributed by atoms with E-state index in [2.05, 4.69) is 70.9 Å². The third kappa shape index (κ3) is 6.91. The first-order valence-electron chi connectivity index (χ1n) is 10.6. The Morgan fingerprint density at radius 1 is 0.912 bits per heavy atom. The van der Waals surface area contributed by atoms with Gasteiger partial charge in [-0.1, -0.05) is 53.5 Å². The van der Waals surface area contributed by atoms with E-state index in [-0.39, 0.29) is 23.7 Å². The van der Waals surface area contributed by atoms with Gasteiger partial charge in [-0.3, -0.25) is 14.8 Å². The highest BCUT2D eigenvalue weighted by Crippen LogP contribution is 2.22. The summed E-state index contributed by atoms with van der Waals surface area (Å²) < 4.78 is 1.72. The molecule has 0 unspecified atom stereocenters. The fourth-order valence-corrected chi connectivity index (χ4v) is 3.64. The SMILES string of the molecule is CCCc1ccc(-c2cnc(N)c(C(=O)Cc3cnccc3Br)n2)cc1.Nc1cnccc1Br. The van der Waals surface area contributed by atoms with Crippen LogP contribution in [0, 0.1) is 0 Å². The van der Waals surface area contributed by atoms with Gasteiger partial charge >= 0.3 is 0 Å². The molecule has 7 nitrogen and oxygen atoms in total. The summed E-state index contributed by atoms with van der Waals surface area (Å²) in [5.74, 6) is -0.0467. The molecule has 0 fully saturated rings. The third-order valence-electron chi connectivity index (χ3n) is 4.84. The molecule has 0 aliphatic carbocycles. The molecule has 0 amide bonds. The van der Waals surface area contributed by atoms with Gasteiger partial charge in [0, 0.05) is 39.5 Å². The highest BCUT2D eigenvalue weighted by Gasteiger charge is 2.16. The number of benzene rings is 1. The predicted molar refractivity (Wildman–Crippen MR) is 142 cm³/mol. The minimum atomic E-state index is -0.187. The van der Waals surface area contributed by atoms with Crippen LogP contribution in [0.25, 0.3) is 11.3 Å². The largest absolute Gasteiger partial charge is 0.397 e. The molecule has 9 heteroatoms. The molecule has 1 aromatic carbocycles. The first-order valence-corrected chi connectivity index (χ1v) is 12.2. The Kier molecular flexibility index (Phi) is 9.24. The van der Waals surface area contributed by atoms with Crippen molar-refractivity contribution in [2.24, 2.45) is 0 Å². The second-order valence-corrected chi connectivity index (χ2v) is 9.11. The summed E-state index contributed by atoms with van der Waals surface area (Å²) in [4.78, 5) is 29.2. The molecule has 4 rings (SSSR count). The first kappa shape index (κ1) is 25.5. The number of nitrogen functional groups attached to an aromatic ring is 2. The minimum Gasteiger partial charge on any atom is -0.397 e. The van der Waals surface area contributed by atoms with E-state index in [4.69, 9.17) is 11.5 Å². The van der Waals surface area contributed by atoms with Crippen molar-refractivity contribution in [2.75, 3.05) is 11.5 Å². The zero-order valence-corrected chi connectivity index (χ0v) is 21.8. The molecule has 0 aliphatic rings. The quantitative estimate of drug-likeness (QED) is 0.280. The van der Waals surface area contributed by atoms with Gasteiger partial charge in [-0.25, -0.2) is 9.97 Å². The Morgan fingerprint density at radius 3 is 2.18 bits per heavy atom. The van der Waals surface area contributed by atoms with Crippen LogP contribution in [0.4, 0.5) is 11.5 Å². The lowest BCUT2D eigenvalue weighted by atomic mass is 10.1. The molecule has 0 radical (unpaired) electrons. The zero-order valence-electron chi connectivity index (χ0n) is 18.6. The van der Waals surface area contributed by atoms with Crippen molar-refractivity contribution in [1.29, 1.82) is 0 Å². The molecule has 3 heterocycles. The number of hydrogen-bond donors (Lipinski definition) is 2. The molecule has 34 heavy (non-hydrogen) atoms. The van der Waals surface area contributed by atoms with Crippen LogP contribution in [0.3, 0.4) is 0 Å². The van der Waals surface area contributed by atoms with Crippen LogP contribution >= 0.6 is 31.9 Å². The summed E-state index contributed by atoms with van der Waals surface area (Å²) in [5.41, 5.74) is 15.8. The minimum absolute atomic E-state index is 0.140. The van der Waals surface area contributed by atoms with Gasteiger partial charge in [0.2, 0.25) is 0 Å². The van der Waals surface area contributed by atoms with Gasteiger partial charge in [-0.2, -0.15) is 0 Å². The number of aromatic nitrogens is 4. The normalized spacial score (nSPS) is 10.3. The smallest absolute Gasteiger partial charge is 0.189 e. The highest BCUT2D eigenvalue weighted by molar-refractivity contribution is 9.10. The third-order valence-corrected chi connectivity index (χ3v) is 6.34. The summed E-state index contributed by atoms with van der Waals surface area (Å²) >= 11 is 6.66. The van der Waals surface area contributed by atoms with E-state index in [9.17, 15) is 4.79 Å². The van der Waals surface area contributed by atoms with Gasteiger partial charge in [-0.15, -0.1) is 0 Å². The van der Waals surface area contributed by atoms with E-state index in [1.807, 2.05) is 12.1 Å². The van der Waals surface area contributed by atoms with Crippen molar-refractivity contribution < 1.29 is 4.79 Å².